The maximum atomic E-state index is 5.88. The molecule has 0 saturated carbocycles. The number of ether oxygens (including phenoxy) is 1. The SMILES string of the molecule is Brc1cnc(NCC2Cc3ccccc3O2)c(Br)c1. The number of fused-ring (bicyclic) bond motifs is 1. The fourth-order valence-electron chi connectivity index (χ4n) is 2.12. The molecule has 0 bridgehead atoms. The molecule has 19 heavy (non-hydrogen) atoms. The van der Waals surface area contributed by atoms with E-state index < -0.39 is 0 Å². The van der Waals surface area contributed by atoms with E-state index in [2.05, 4.69) is 48.2 Å². The molecule has 3 nitrogen and oxygen atoms in total. The maximum Gasteiger partial charge on any atom is 0.140 e. The monoisotopic (exact) mass is 382 g/mol. The molecule has 0 spiro atoms. The number of pyridine rings is 1. The van der Waals surface area contributed by atoms with E-state index >= 15 is 0 Å². The molecule has 0 saturated heterocycles. The van der Waals surface area contributed by atoms with Gasteiger partial charge in [0.2, 0.25) is 0 Å². The highest BCUT2D eigenvalue weighted by Gasteiger charge is 2.22. The van der Waals surface area contributed by atoms with E-state index in [-0.39, 0.29) is 6.10 Å². The number of halogens is 2. The van der Waals surface area contributed by atoms with Crippen molar-refractivity contribution < 1.29 is 4.74 Å². The van der Waals surface area contributed by atoms with Gasteiger partial charge < -0.3 is 10.1 Å². The van der Waals surface area contributed by atoms with E-state index in [9.17, 15) is 0 Å². The molecule has 1 N–H and O–H groups in total. The standard InChI is InChI=1S/C14H12Br2N2O/c15-10-6-12(16)14(17-7-10)18-8-11-5-9-3-1-2-4-13(9)19-11/h1-4,6-7,11H,5,8H2,(H,17,18). The molecule has 2 aromatic rings. The summed E-state index contributed by atoms with van der Waals surface area (Å²) in [6, 6.07) is 10.2. The molecule has 0 fully saturated rings. The Balaban J connectivity index is 1.63. The van der Waals surface area contributed by atoms with Gasteiger partial charge in [-0.1, -0.05) is 18.2 Å². The van der Waals surface area contributed by atoms with E-state index in [4.69, 9.17) is 4.74 Å². The Morgan fingerprint density at radius 1 is 1.32 bits per heavy atom. The molecule has 3 rings (SSSR count). The van der Waals surface area contributed by atoms with Gasteiger partial charge in [-0.05, 0) is 49.6 Å². The molecule has 1 aromatic heterocycles. The number of nitrogens with zero attached hydrogens (tertiary/aromatic N) is 1. The van der Waals surface area contributed by atoms with Crippen molar-refractivity contribution in [2.45, 2.75) is 12.5 Å². The van der Waals surface area contributed by atoms with Crippen molar-refractivity contribution in [1.82, 2.24) is 4.98 Å². The fraction of sp³-hybridized carbons (Fsp3) is 0.214. The Morgan fingerprint density at radius 3 is 2.95 bits per heavy atom. The Hall–Kier alpha value is -1.07. The van der Waals surface area contributed by atoms with Gasteiger partial charge in [0, 0.05) is 17.1 Å². The first kappa shape index (κ1) is 12.9. The van der Waals surface area contributed by atoms with Crippen LogP contribution in [0.3, 0.4) is 0 Å². The van der Waals surface area contributed by atoms with Crippen molar-refractivity contribution >= 4 is 37.7 Å². The van der Waals surface area contributed by atoms with Crippen LogP contribution < -0.4 is 10.1 Å². The van der Waals surface area contributed by atoms with Crippen LogP contribution >= 0.6 is 31.9 Å². The average Bonchev–Trinajstić information content (AvgIpc) is 2.80. The Bertz CT molecular complexity index is 579. The normalized spacial score (nSPS) is 16.8. The fourth-order valence-corrected chi connectivity index (χ4v) is 3.25. The molecule has 0 radical (unpaired) electrons. The first-order valence-corrected chi connectivity index (χ1v) is 7.60. The van der Waals surface area contributed by atoms with Gasteiger partial charge in [-0.2, -0.15) is 0 Å². The van der Waals surface area contributed by atoms with E-state index in [1.54, 1.807) is 6.20 Å². The first-order valence-electron chi connectivity index (χ1n) is 6.02. The van der Waals surface area contributed by atoms with Gasteiger partial charge in [0.15, 0.2) is 0 Å². The van der Waals surface area contributed by atoms with Gasteiger partial charge in [0.25, 0.3) is 0 Å². The molecule has 5 heteroatoms. The summed E-state index contributed by atoms with van der Waals surface area (Å²) >= 11 is 6.88. The molecule has 1 aliphatic heterocycles. The van der Waals surface area contributed by atoms with Crippen LogP contribution in [0.25, 0.3) is 0 Å². The molecule has 1 aromatic carbocycles. The molecular weight excluding hydrogens is 372 g/mol. The summed E-state index contributed by atoms with van der Waals surface area (Å²) in [5.74, 6) is 1.83. The molecule has 1 unspecified atom stereocenters. The predicted octanol–water partition coefficient (Wildman–Crippen LogP) is 4.02. The first-order chi connectivity index (χ1) is 9.22. The lowest BCUT2D eigenvalue weighted by atomic mass is 10.1. The highest BCUT2D eigenvalue weighted by molar-refractivity contribution is 9.11. The van der Waals surface area contributed by atoms with Crippen LogP contribution in [0.4, 0.5) is 5.82 Å². The van der Waals surface area contributed by atoms with Gasteiger partial charge in [0.05, 0.1) is 11.0 Å². The van der Waals surface area contributed by atoms with Crippen molar-refractivity contribution in [2.75, 3.05) is 11.9 Å². The number of rotatable bonds is 3. The second kappa shape index (κ2) is 5.51. The summed E-state index contributed by atoms with van der Waals surface area (Å²) in [7, 11) is 0. The second-order valence-electron chi connectivity index (χ2n) is 4.42. The average molecular weight is 384 g/mol. The van der Waals surface area contributed by atoms with Gasteiger partial charge in [0.1, 0.15) is 17.7 Å². The zero-order chi connectivity index (χ0) is 13.2. The number of aromatic nitrogens is 1. The number of anilines is 1. The van der Waals surface area contributed by atoms with Crippen LogP contribution in [0.2, 0.25) is 0 Å². The maximum absolute atomic E-state index is 5.88. The summed E-state index contributed by atoms with van der Waals surface area (Å²) in [4.78, 5) is 4.33. The van der Waals surface area contributed by atoms with Crippen LogP contribution in [0, 0.1) is 0 Å². The molecule has 0 amide bonds. The zero-order valence-corrected chi connectivity index (χ0v) is 13.2. The van der Waals surface area contributed by atoms with Gasteiger partial charge in [-0.15, -0.1) is 0 Å². The lowest BCUT2D eigenvalue weighted by Crippen LogP contribution is -2.24. The second-order valence-corrected chi connectivity index (χ2v) is 6.19. The minimum atomic E-state index is 0.162. The van der Waals surface area contributed by atoms with Gasteiger partial charge >= 0.3 is 0 Å². The summed E-state index contributed by atoms with van der Waals surface area (Å²) in [6.45, 7) is 0.738. The predicted molar refractivity (Wildman–Crippen MR) is 82.7 cm³/mol. The third-order valence-electron chi connectivity index (χ3n) is 3.02. The Morgan fingerprint density at radius 2 is 2.16 bits per heavy atom. The quantitative estimate of drug-likeness (QED) is 0.868. The highest BCUT2D eigenvalue weighted by Crippen LogP contribution is 2.29. The third-order valence-corrected chi connectivity index (χ3v) is 4.06. The van der Waals surface area contributed by atoms with Crippen molar-refractivity contribution in [1.29, 1.82) is 0 Å². The van der Waals surface area contributed by atoms with Crippen molar-refractivity contribution in [3.8, 4) is 5.75 Å². The smallest absolute Gasteiger partial charge is 0.140 e. The minimum absolute atomic E-state index is 0.162. The molecule has 1 atom stereocenters. The van der Waals surface area contributed by atoms with Crippen LogP contribution in [0.5, 0.6) is 5.75 Å². The molecule has 98 valence electrons. The number of para-hydroxylation sites is 1. The number of nitrogens with one attached hydrogen (secondary N) is 1. The number of hydrogen-bond donors (Lipinski definition) is 1. The van der Waals surface area contributed by atoms with Crippen molar-refractivity contribution in [3.05, 3.63) is 51.0 Å². The van der Waals surface area contributed by atoms with Crippen LogP contribution in [0.1, 0.15) is 5.56 Å². The van der Waals surface area contributed by atoms with Crippen molar-refractivity contribution in [2.24, 2.45) is 0 Å². The highest BCUT2D eigenvalue weighted by atomic mass is 79.9. The zero-order valence-electron chi connectivity index (χ0n) is 10.1. The van der Waals surface area contributed by atoms with E-state index in [0.29, 0.717) is 0 Å². The molecule has 2 heterocycles. The largest absolute Gasteiger partial charge is 0.488 e. The summed E-state index contributed by atoms with van der Waals surface area (Å²) < 4.78 is 7.77. The minimum Gasteiger partial charge on any atom is -0.488 e. The summed E-state index contributed by atoms with van der Waals surface area (Å²) in [5, 5.41) is 3.31. The lowest BCUT2D eigenvalue weighted by molar-refractivity contribution is 0.246. The Labute approximate surface area is 128 Å². The van der Waals surface area contributed by atoms with Crippen LogP contribution in [0.15, 0.2) is 45.5 Å². The van der Waals surface area contributed by atoms with Gasteiger partial charge in [-0.25, -0.2) is 4.98 Å². The molecule has 0 aliphatic carbocycles. The number of hydrogen-bond acceptors (Lipinski definition) is 3. The molecule has 1 aliphatic rings. The summed E-state index contributed by atoms with van der Waals surface area (Å²) in [5.41, 5.74) is 1.28. The van der Waals surface area contributed by atoms with E-state index in [1.165, 1.54) is 5.56 Å². The third kappa shape index (κ3) is 2.92. The van der Waals surface area contributed by atoms with Crippen LogP contribution in [-0.4, -0.2) is 17.6 Å². The molecular formula is C14H12Br2N2O. The van der Waals surface area contributed by atoms with E-state index in [0.717, 1.165) is 33.5 Å². The Kier molecular flexibility index (Phi) is 3.75. The van der Waals surface area contributed by atoms with Crippen LogP contribution in [-0.2, 0) is 6.42 Å². The topological polar surface area (TPSA) is 34.2 Å². The van der Waals surface area contributed by atoms with E-state index in [1.807, 2.05) is 24.3 Å². The number of benzene rings is 1. The lowest BCUT2D eigenvalue weighted by Gasteiger charge is -2.13. The van der Waals surface area contributed by atoms with Crippen molar-refractivity contribution in [3.63, 3.8) is 0 Å². The van der Waals surface area contributed by atoms with Gasteiger partial charge in [-0.3, -0.25) is 0 Å². The summed E-state index contributed by atoms with van der Waals surface area (Å²) in [6.07, 6.45) is 2.88.